The van der Waals surface area contributed by atoms with Gasteiger partial charge in [0.2, 0.25) is 0 Å². The molecule has 0 radical (unpaired) electrons. The van der Waals surface area contributed by atoms with Crippen molar-refractivity contribution in [2.75, 3.05) is 7.11 Å². The van der Waals surface area contributed by atoms with Crippen LogP contribution in [-0.2, 0) is 19.5 Å². The molecule has 1 atom stereocenters. The highest BCUT2D eigenvalue weighted by atomic mass is 16.5. The number of fused-ring (bicyclic) bond motifs is 1. The van der Waals surface area contributed by atoms with E-state index in [1.165, 1.54) is 18.4 Å². The third kappa shape index (κ3) is 2.93. The van der Waals surface area contributed by atoms with Crippen LogP contribution in [0.15, 0.2) is 24.3 Å². The fourth-order valence-corrected chi connectivity index (χ4v) is 2.88. The number of hydrogen-bond donors (Lipinski definition) is 1. The van der Waals surface area contributed by atoms with Crippen molar-refractivity contribution in [3.8, 4) is 5.75 Å². The maximum atomic E-state index is 5.42. The molecular weight excluding hydrogens is 264 g/mol. The Morgan fingerprint density at radius 1 is 1.29 bits per heavy atom. The van der Waals surface area contributed by atoms with Crippen molar-refractivity contribution >= 4 is 0 Å². The lowest BCUT2D eigenvalue weighted by molar-refractivity contribution is 0.400. The molecule has 1 aliphatic heterocycles. The summed E-state index contributed by atoms with van der Waals surface area (Å²) in [7, 11) is 1.71. The van der Waals surface area contributed by atoms with Gasteiger partial charge in [0.25, 0.3) is 0 Å². The number of benzene rings is 1. The van der Waals surface area contributed by atoms with Gasteiger partial charge in [-0.2, -0.15) is 0 Å². The highest BCUT2D eigenvalue weighted by Crippen LogP contribution is 2.24. The summed E-state index contributed by atoms with van der Waals surface area (Å²) < 4.78 is 7.68. The number of para-hydroxylation sites is 1. The summed E-state index contributed by atoms with van der Waals surface area (Å²) >= 11 is 0. The number of nitrogens with one attached hydrogen (secondary N) is 1. The third-order valence-electron chi connectivity index (χ3n) is 4.11. The molecule has 0 spiro atoms. The first-order chi connectivity index (χ1) is 10.3. The molecule has 0 unspecified atom stereocenters. The third-order valence-corrected chi connectivity index (χ3v) is 4.11. The quantitative estimate of drug-likeness (QED) is 0.917. The monoisotopic (exact) mass is 286 g/mol. The van der Waals surface area contributed by atoms with Crippen molar-refractivity contribution in [1.82, 2.24) is 20.1 Å². The van der Waals surface area contributed by atoms with E-state index in [4.69, 9.17) is 4.74 Å². The molecule has 0 aliphatic carbocycles. The summed E-state index contributed by atoms with van der Waals surface area (Å²) in [5.41, 5.74) is 1.17. The van der Waals surface area contributed by atoms with Crippen LogP contribution >= 0.6 is 0 Å². The minimum absolute atomic E-state index is 0.206. The van der Waals surface area contributed by atoms with Crippen molar-refractivity contribution in [1.29, 1.82) is 0 Å². The van der Waals surface area contributed by atoms with E-state index in [1.54, 1.807) is 7.11 Å². The molecule has 2 heterocycles. The first-order valence-corrected chi connectivity index (χ1v) is 7.57. The molecule has 5 heteroatoms. The Labute approximate surface area is 125 Å². The van der Waals surface area contributed by atoms with E-state index in [9.17, 15) is 0 Å². The van der Waals surface area contributed by atoms with Crippen LogP contribution in [0.2, 0.25) is 0 Å². The van der Waals surface area contributed by atoms with Gasteiger partial charge in [-0.05, 0) is 25.8 Å². The molecule has 1 aromatic heterocycles. The minimum Gasteiger partial charge on any atom is -0.496 e. The van der Waals surface area contributed by atoms with E-state index >= 15 is 0 Å². The van der Waals surface area contributed by atoms with Gasteiger partial charge in [-0.15, -0.1) is 10.2 Å². The number of methoxy groups -OCH3 is 1. The van der Waals surface area contributed by atoms with E-state index in [2.05, 4.69) is 33.1 Å². The van der Waals surface area contributed by atoms with Crippen molar-refractivity contribution < 1.29 is 4.74 Å². The van der Waals surface area contributed by atoms with Gasteiger partial charge in [-0.3, -0.25) is 0 Å². The van der Waals surface area contributed by atoms with Gasteiger partial charge in [0, 0.05) is 24.6 Å². The highest BCUT2D eigenvalue weighted by molar-refractivity contribution is 5.35. The number of nitrogens with zero attached hydrogens (tertiary/aromatic N) is 3. The van der Waals surface area contributed by atoms with Gasteiger partial charge in [0.15, 0.2) is 0 Å². The van der Waals surface area contributed by atoms with Crippen molar-refractivity contribution in [2.45, 2.75) is 45.3 Å². The number of aryl methyl sites for hydroxylation is 1. The van der Waals surface area contributed by atoms with Crippen LogP contribution in [0.5, 0.6) is 5.75 Å². The number of rotatable bonds is 5. The molecule has 1 N–H and O–H groups in total. The molecule has 0 amide bonds. The van der Waals surface area contributed by atoms with Gasteiger partial charge >= 0.3 is 0 Å². The lowest BCUT2D eigenvalue weighted by atomic mass is 10.1. The SMILES string of the molecule is COc1ccccc1[C@@H](C)NCc1nnc2n1CCCC2. The zero-order chi connectivity index (χ0) is 14.7. The van der Waals surface area contributed by atoms with Crippen LogP contribution in [0.1, 0.15) is 43.0 Å². The van der Waals surface area contributed by atoms with E-state index in [0.717, 1.165) is 36.9 Å². The smallest absolute Gasteiger partial charge is 0.147 e. The minimum atomic E-state index is 0.206. The van der Waals surface area contributed by atoms with Gasteiger partial charge in [0.1, 0.15) is 17.4 Å². The Morgan fingerprint density at radius 2 is 2.14 bits per heavy atom. The van der Waals surface area contributed by atoms with Crippen LogP contribution in [0.4, 0.5) is 0 Å². The lowest BCUT2D eigenvalue weighted by Crippen LogP contribution is -2.22. The molecule has 2 aromatic rings. The van der Waals surface area contributed by atoms with Gasteiger partial charge in [-0.1, -0.05) is 18.2 Å². The fraction of sp³-hybridized carbons (Fsp3) is 0.500. The van der Waals surface area contributed by atoms with E-state index < -0.39 is 0 Å². The van der Waals surface area contributed by atoms with Crippen LogP contribution in [0, 0.1) is 0 Å². The number of aromatic nitrogens is 3. The van der Waals surface area contributed by atoms with Gasteiger partial charge < -0.3 is 14.6 Å². The fourth-order valence-electron chi connectivity index (χ4n) is 2.88. The zero-order valence-corrected chi connectivity index (χ0v) is 12.7. The molecule has 0 bridgehead atoms. The van der Waals surface area contributed by atoms with E-state index in [0.29, 0.717) is 0 Å². The highest BCUT2D eigenvalue weighted by Gasteiger charge is 2.17. The summed E-state index contributed by atoms with van der Waals surface area (Å²) in [4.78, 5) is 0. The lowest BCUT2D eigenvalue weighted by Gasteiger charge is -2.18. The second-order valence-electron chi connectivity index (χ2n) is 5.49. The first kappa shape index (κ1) is 14.1. The Balaban J connectivity index is 1.68. The Kier molecular flexibility index (Phi) is 4.20. The molecular formula is C16H22N4O. The average molecular weight is 286 g/mol. The van der Waals surface area contributed by atoms with Crippen LogP contribution < -0.4 is 10.1 Å². The molecule has 3 rings (SSSR count). The largest absolute Gasteiger partial charge is 0.496 e. The summed E-state index contributed by atoms with van der Waals surface area (Å²) in [5.74, 6) is 3.08. The van der Waals surface area contributed by atoms with Crippen molar-refractivity contribution in [3.05, 3.63) is 41.5 Å². The molecule has 1 aliphatic rings. The van der Waals surface area contributed by atoms with E-state index in [-0.39, 0.29) is 6.04 Å². The predicted molar refractivity (Wildman–Crippen MR) is 81.2 cm³/mol. The summed E-state index contributed by atoms with van der Waals surface area (Å²) in [6.07, 6.45) is 3.50. The molecule has 112 valence electrons. The zero-order valence-electron chi connectivity index (χ0n) is 12.7. The average Bonchev–Trinajstić information content (AvgIpc) is 2.96. The Hall–Kier alpha value is -1.88. The standard InChI is InChI=1S/C16H22N4O/c1-12(13-7-3-4-8-14(13)21-2)17-11-16-19-18-15-9-5-6-10-20(15)16/h3-4,7-8,12,17H,5-6,9-11H2,1-2H3/t12-/m1/s1. The molecule has 21 heavy (non-hydrogen) atoms. The normalized spacial score (nSPS) is 15.5. The van der Waals surface area contributed by atoms with Gasteiger partial charge in [0.05, 0.1) is 13.7 Å². The maximum absolute atomic E-state index is 5.42. The second kappa shape index (κ2) is 6.26. The Bertz CT molecular complexity index is 608. The molecule has 1 aromatic carbocycles. The molecule has 0 saturated carbocycles. The van der Waals surface area contributed by atoms with Crippen LogP contribution in [-0.4, -0.2) is 21.9 Å². The topological polar surface area (TPSA) is 52.0 Å². The molecule has 0 fully saturated rings. The Morgan fingerprint density at radius 3 is 3.00 bits per heavy atom. The van der Waals surface area contributed by atoms with Crippen molar-refractivity contribution in [3.63, 3.8) is 0 Å². The maximum Gasteiger partial charge on any atom is 0.147 e. The van der Waals surface area contributed by atoms with Gasteiger partial charge in [-0.25, -0.2) is 0 Å². The first-order valence-electron chi connectivity index (χ1n) is 7.57. The van der Waals surface area contributed by atoms with E-state index in [1.807, 2.05) is 18.2 Å². The summed E-state index contributed by atoms with van der Waals surface area (Å²) in [6.45, 7) is 3.92. The summed E-state index contributed by atoms with van der Waals surface area (Å²) in [5, 5.41) is 12.1. The number of ether oxygens (including phenoxy) is 1. The summed E-state index contributed by atoms with van der Waals surface area (Å²) in [6, 6.07) is 8.32. The van der Waals surface area contributed by atoms with Crippen LogP contribution in [0.3, 0.4) is 0 Å². The van der Waals surface area contributed by atoms with Crippen molar-refractivity contribution in [2.24, 2.45) is 0 Å². The predicted octanol–water partition coefficient (Wildman–Crippen LogP) is 2.47. The second-order valence-corrected chi connectivity index (χ2v) is 5.49. The number of hydrogen-bond acceptors (Lipinski definition) is 4. The van der Waals surface area contributed by atoms with Crippen LogP contribution in [0.25, 0.3) is 0 Å². The molecule has 0 saturated heterocycles. The molecule has 5 nitrogen and oxygen atoms in total.